The first-order chi connectivity index (χ1) is 16.8. The zero-order valence-corrected chi connectivity index (χ0v) is 21.0. The number of Topliss-reactive ketones (excluding diaryl/α,β-unsaturated/α-hetero) is 1. The van der Waals surface area contributed by atoms with E-state index in [1.165, 1.54) is 0 Å². The number of ketones is 1. The van der Waals surface area contributed by atoms with Crippen LogP contribution in [0.25, 0.3) is 11.4 Å². The van der Waals surface area contributed by atoms with E-state index in [1.54, 1.807) is 20.2 Å². The van der Waals surface area contributed by atoms with Gasteiger partial charge in [-0.05, 0) is 64.4 Å². The van der Waals surface area contributed by atoms with E-state index in [1.807, 2.05) is 33.2 Å². The third-order valence-corrected chi connectivity index (χ3v) is 5.53. The Morgan fingerprint density at radius 2 is 1.86 bits per heavy atom. The molecule has 0 radical (unpaired) electrons. The summed E-state index contributed by atoms with van der Waals surface area (Å²) in [5, 5.41) is 0. The third-order valence-electron chi connectivity index (χ3n) is 5.53. The molecule has 0 atom stereocenters. The largest absolute Gasteiger partial charge is 0.495 e. The van der Waals surface area contributed by atoms with E-state index < -0.39 is 5.82 Å². The maximum atomic E-state index is 12.9. The lowest BCUT2D eigenvalue weighted by molar-refractivity contribution is -0.116. The third kappa shape index (κ3) is 7.26. The predicted octanol–water partition coefficient (Wildman–Crippen LogP) is 3.64. The number of hydrogen-bond acceptors (Lipinski definition) is 8. The van der Waals surface area contributed by atoms with Gasteiger partial charge in [0.25, 0.3) is 0 Å². The quantitative estimate of drug-likeness (QED) is 0.482. The molecule has 1 aliphatic rings. The number of carbonyl (C=O) groups is 1. The lowest BCUT2D eigenvalue weighted by Gasteiger charge is -2.12. The maximum Gasteiger partial charge on any atom is 0.213 e. The first-order valence-electron chi connectivity index (χ1n) is 11.5. The molecule has 0 aliphatic heterocycles. The predicted molar refractivity (Wildman–Crippen MR) is 131 cm³/mol. The lowest BCUT2D eigenvalue weighted by atomic mass is 9.97. The van der Waals surface area contributed by atoms with Gasteiger partial charge in [0.15, 0.2) is 11.6 Å². The van der Waals surface area contributed by atoms with Crippen LogP contribution in [-0.4, -0.2) is 65.0 Å². The minimum absolute atomic E-state index is 0.0914. The summed E-state index contributed by atoms with van der Waals surface area (Å²) in [5.41, 5.74) is 4.74. The number of fused-ring (bicyclic) bond motifs is 1. The van der Waals surface area contributed by atoms with E-state index in [0.29, 0.717) is 24.7 Å². The molecule has 35 heavy (non-hydrogen) atoms. The fourth-order valence-corrected chi connectivity index (χ4v) is 3.83. The van der Waals surface area contributed by atoms with E-state index >= 15 is 0 Å². The van der Waals surface area contributed by atoms with Crippen LogP contribution in [0.15, 0.2) is 30.7 Å². The summed E-state index contributed by atoms with van der Waals surface area (Å²) >= 11 is 0. The van der Waals surface area contributed by atoms with Gasteiger partial charge in [-0.15, -0.1) is 0 Å². The van der Waals surface area contributed by atoms with Crippen molar-refractivity contribution in [2.24, 2.45) is 0 Å². The Morgan fingerprint density at radius 1 is 1.11 bits per heavy atom. The molecule has 3 heterocycles. The summed E-state index contributed by atoms with van der Waals surface area (Å²) in [7, 11) is 5.66. The van der Waals surface area contributed by atoms with Crippen LogP contribution in [0.2, 0.25) is 0 Å². The summed E-state index contributed by atoms with van der Waals surface area (Å²) in [5.74, 6) is 1.47. The fraction of sp³-hybridized carbons (Fsp3) is 0.423. The van der Waals surface area contributed by atoms with Crippen LogP contribution < -0.4 is 9.47 Å². The summed E-state index contributed by atoms with van der Waals surface area (Å²) in [4.78, 5) is 30.3. The van der Waals surface area contributed by atoms with Crippen molar-refractivity contribution in [3.8, 4) is 23.0 Å². The van der Waals surface area contributed by atoms with Crippen molar-refractivity contribution in [3.63, 3.8) is 0 Å². The van der Waals surface area contributed by atoms with Gasteiger partial charge in [0.2, 0.25) is 5.88 Å². The second-order valence-corrected chi connectivity index (χ2v) is 8.62. The normalized spacial score (nSPS) is 12.1. The van der Waals surface area contributed by atoms with Gasteiger partial charge in [0.1, 0.15) is 18.1 Å². The van der Waals surface area contributed by atoms with Crippen LogP contribution in [-0.2, 0) is 24.1 Å². The minimum atomic E-state index is -0.476. The highest BCUT2D eigenvalue weighted by Gasteiger charge is 2.21. The number of nitrogens with zero attached hydrogens (tertiary/aromatic N) is 5. The number of aryl methyl sites for hydroxylation is 2. The number of halogens is 1. The highest BCUT2D eigenvalue weighted by Crippen LogP contribution is 2.30. The molecule has 0 spiro atoms. The number of pyridine rings is 2. The van der Waals surface area contributed by atoms with Crippen LogP contribution in [0.3, 0.4) is 0 Å². The molecule has 0 bridgehead atoms. The highest BCUT2D eigenvalue weighted by molar-refractivity contribution is 5.81. The van der Waals surface area contributed by atoms with Crippen molar-refractivity contribution >= 4 is 5.78 Å². The first-order valence-corrected chi connectivity index (χ1v) is 11.5. The van der Waals surface area contributed by atoms with Crippen molar-refractivity contribution < 1.29 is 18.7 Å². The van der Waals surface area contributed by atoms with Gasteiger partial charge in [-0.25, -0.2) is 19.3 Å². The summed E-state index contributed by atoms with van der Waals surface area (Å²) in [6.07, 6.45) is 7.25. The average molecular weight is 482 g/mol. The maximum absolute atomic E-state index is 12.9. The van der Waals surface area contributed by atoms with Crippen molar-refractivity contribution in [1.29, 1.82) is 0 Å². The fourth-order valence-electron chi connectivity index (χ4n) is 3.83. The van der Waals surface area contributed by atoms with Crippen LogP contribution in [0.5, 0.6) is 11.6 Å². The van der Waals surface area contributed by atoms with Crippen LogP contribution in [0.4, 0.5) is 4.39 Å². The number of aromatic nitrogens is 4. The van der Waals surface area contributed by atoms with Crippen LogP contribution in [0.1, 0.15) is 35.9 Å². The summed E-state index contributed by atoms with van der Waals surface area (Å²) in [6, 6.07) is 3.69. The number of rotatable bonds is 8. The van der Waals surface area contributed by atoms with Crippen LogP contribution in [0, 0.1) is 12.7 Å². The Kier molecular flexibility index (Phi) is 9.19. The van der Waals surface area contributed by atoms with Crippen molar-refractivity contribution in [2.75, 3.05) is 34.4 Å². The number of methoxy groups -OCH3 is 1. The molecule has 0 saturated heterocycles. The van der Waals surface area contributed by atoms with Crippen molar-refractivity contribution in [3.05, 3.63) is 59.1 Å². The molecular weight excluding hydrogens is 449 g/mol. The van der Waals surface area contributed by atoms with E-state index in [9.17, 15) is 9.18 Å². The number of carbonyl (C=O) groups excluding carboxylic acids is 1. The Hall–Kier alpha value is -3.46. The monoisotopic (exact) mass is 481 g/mol. The van der Waals surface area contributed by atoms with Gasteiger partial charge in [0, 0.05) is 36.5 Å². The SMILES string of the molecule is CC(=O)Cc1c(-c2ncc(F)cn2)cnc2c1CCC2.COc1ccc(OCCN(C)C)nc1C. The van der Waals surface area contributed by atoms with E-state index in [0.717, 1.165) is 72.0 Å². The standard InChI is InChI=1S/C15H14FN3O.C11H18N2O2/c1-9(20)5-12-11-3-2-4-14(11)17-8-13(12)15-18-6-10(16)7-19-15;1-9-10(14-4)5-6-11(12-9)15-8-7-13(2)3/h6-8H,2-5H2,1H3;5-6H,7-8H2,1-4H3. The van der Waals surface area contributed by atoms with Gasteiger partial charge >= 0.3 is 0 Å². The Balaban J connectivity index is 0.000000205. The molecule has 3 aromatic rings. The van der Waals surface area contributed by atoms with Crippen LogP contribution >= 0.6 is 0 Å². The van der Waals surface area contributed by atoms with Crippen molar-refractivity contribution in [2.45, 2.75) is 39.5 Å². The molecule has 9 heteroatoms. The lowest BCUT2D eigenvalue weighted by Crippen LogP contribution is -2.19. The highest BCUT2D eigenvalue weighted by atomic mass is 19.1. The zero-order valence-electron chi connectivity index (χ0n) is 21.0. The molecule has 1 aliphatic carbocycles. The molecule has 3 aromatic heterocycles. The summed E-state index contributed by atoms with van der Waals surface area (Å²) in [6.45, 7) is 4.99. The molecule has 8 nitrogen and oxygen atoms in total. The molecule has 0 aromatic carbocycles. The molecule has 0 N–H and O–H groups in total. The topological polar surface area (TPSA) is 90.3 Å². The van der Waals surface area contributed by atoms with E-state index in [-0.39, 0.29) is 5.78 Å². The Bertz CT molecular complexity index is 1150. The average Bonchev–Trinajstić information content (AvgIpc) is 3.30. The molecule has 0 saturated carbocycles. The van der Waals surface area contributed by atoms with E-state index in [2.05, 4.69) is 24.8 Å². The molecule has 0 unspecified atom stereocenters. The Morgan fingerprint density at radius 3 is 2.49 bits per heavy atom. The first kappa shape index (κ1) is 26.2. The molecule has 0 amide bonds. The second-order valence-electron chi connectivity index (χ2n) is 8.62. The molecule has 186 valence electrons. The van der Waals surface area contributed by atoms with Gasteiger partial charge < -0.3 is 14.4 Å². The second kappa shape index (κ2) is 12.3. The van der Waals surface area contributed by atoms with E-state index in [4.69, 9.17) is 9.47 Å². The molecule has 0 fully saturated rings. The van der Waals surface area contributed by atoms with Gasteiger partial charge in [0.05, 0.1) is 25.2 Å². The minimum Gasteiger partial charge on any atom is -0.495 e. The number of hydrogen-bond donors (Lipinski definition) is 0. The zero-order chi connectivity index (χ0) is 25.4. The summed E-state index contributed by atoms with van der Waals surface area (Å²) < 4.78 is 23.5. The smallest absolute Gasteiger partial charge is 0.213 e. The van der Waals surface area contributed by atoms with Gasteiger partial charge in [-0.1, -0.05) is 0 Å². The molecule has 4 rings (SSSR count). The van der Waals surface area contributed by atoms with Gasteiger partial charge in [-0.2, -0.15) is 0 Å². The van der Waals surface area contributed by atoms with Crippen molar-refractivity contribution in [1.82, 2.24) is 24.8 Å². The molecular formula is C26H32FN5O3. The Labute approximate surface area is 205 Å². The number of ether oxygens (including phenoxy) is 2. The number of likely N-dealkylation sites (N-methyl/N-ethyl adjacent to an activating group) is 1. The van der Waals surface area contributed by atoms with Gasteiger partial charge in [-0.3, -0.25) is 9.78 Å².